The van der Waals surface area contributed by atoms with Crippen molar-refractivity contribution >= 4 is 40.2 Å². The quantitative estimate of drug-likeness (QED) is 0.485. The summed E-state index contributed by atoms with van der Waals surface area (Å²) < 4.78 is -0.123. The summed E-state index contributed by atoms with van der Waals surface area (Å²) in [5.41, 5.74) is 2.16. The number of nitrogens with zero attached hydrogens (tertiary/aromatic N) is 3. The molecule has 2 aliphatic rings. The lowest BCUT2D eigenvalue weighted by atomic mass is 9.97. The van der Waals surface area contributed by atoms with Crippen LogP contribution in [0.15, 0.2) is 71.9 Å². The zero-order valence-electron chi connectivity index (χ0n) is 23.7. The van der Waals surface area contributed by atoms with Crippen LogP contribution >= 0.6 is 11.8 Å². The fraction of sp³-hybridized carbons (Fsp3) is 0.419. The molecule has 2 aromatic carbocycles. The number of hydrogen-bond acceptors (Lipinski definition) is 6. The van der Waals surface area contributed by atoms with E-state index in [1.54, 1.807) is 6.20 Å². The summed E-state index contributed by atoms with van der Waals surface area (Å²) in [7, 11) is 0. The minimum Gasteiger partial charge on any atom is -0.384 e. The molecule has 0 aliphatic carbocycles. The molecule has 2 aliphatic heterocycles. The number of rotatable bonds is 9. The Morgan fingerprint density at radius 3 is 2.27 bits per heavy atom. The molecule has 3 atom stereocenters. The second-order valence-corrected chi connectivity index (χ2v) is 13.0. The highest BCUT2D eigenvalue weighted by Gasteiger charge is 2.41. The topological polar surface area (TPSA) is 102 Å². The van der Waals surface area contributed by atoms with Crippen molar-refractivity contribution in [3.05, 3.63) is 78.0 Å². The monoisotopic (exact) mass is 562 g/mol. The number of carbonyl (C=O) groups is 3. The van der Waals surface area contributed by atoms with Crippen molar-refractivity contribution in [2.24, 2.45) is 10.9 Å². The molecule has 4 rings (SSSR count). The molecule has 0 saturated heterocycles. The Balaban J connectivity index is 1.62. The minimum absolute atomic E-state index is 0.123. The summed E-state index contributed by atoms with van der Waals surface area (Å²) in [6.45, 7) is 9.67. The molecule has 3 amide bonds. The Kier molecular flexibility index (Phi) is 9.15. The van der Waals surface area contributed by atoms with Gasteiger partial charge in [-0.25, -0.2) is 0 Å². The van der Waals surface area contributed by atoms with E-state index in [1.807, 2.05) is 74.5 Å². The van der Waals surface area contributed by atoms with Gasteiger partial charge in [-0.2, -0.15) is 0 Å². The van der Waals surface area contributed by atoms with Gasteiger partial charge in [0, 0.05) is 17.9 Å². The maximum atomic E-state index is 13.8. The fourth-order valence-electron chi connectivity index (χ4n) is 5.02. The average molecular weight is 563 g/mol. The van der Waals surface area contributed by atoms with Gasteiger partial charge in [-0.1, -0.05) is 74.5 Å². The van der Waals surface area contributed by atoms with E-state index >= 15 is 0 Å². The van der Waals surface area contributed by atoms with E-state index in [2.05, 4.69) is 24.2 Å². The van der Waals surface area contributed by atoms with Gasteiger partial charge in [0.25, 0.3) is 5.91 Å². The Bertz CT molecular complexity index is 1290. The van der Waals surface area contributed by atoms with Crippen molar-refractivity contribution in [1.29, 1.82) is 0 Å². The third-order valence-electron chi connectivity index (χ3n) is 7.01. The first-order valence-electron chi connectivity index (χ1n) is 13.6. The summed E-state index contributed by atoms with van der Waals surface area (Å²) in [6, 6.07) is 17.5. The van der Waals surface area contributed by atoms with Crippen LogP contribution in [-0.2, 0) is 20.8 Å². The molecule has 2 aromatic rings. The smallest absolute Gasteiger partial charge is 0.250 e. The molecule has 0 saturated carbocycles. The Hall–Kier alpha value is -3.43. The molecule has 9 heteroatoms. The molecule has 212 valence electrons. The number of hydrogen-bond donors (Lipinski definition) is 2. The maximum Gasteiger partial charge on any atom is 0.250 e. The van der Waals surface area contributed by atoms with E-state index in [4.69, 9.17) is 0 Å². The van der Waals surface area contributed by atoms with Crippen LogP contribution in [0, 0.1) is 5.92 Å². The maximum absolute atomic E-state index is 13.8. The largest absolute Gasteiger partial charge is 0.384 e. The molecule has 0 aromatic heterocycles. The first-order valence-corrected chi connectivity index (χ1v) is 14.4. The molecule has 0 radical (unpaired) electrons. The number of nitrogens with one attached hydrogen (secondary N) is 1. The molecule has 2 N–H and O–H groups in total. The van der Waals surface area contributed by atoms with Crippen molar-refractivity contribution in [2.45, 2.75) is 64.0 Å². The Morgan fingerprint density at radius 1 is 1.10 bits per heavy atom. The van der Waals surface area contributed by atoms with E-state index in [-0.39, 0.29) is 29.0 Å². The summed E-state index contributed by atoms with van der Waals surface area (Å²) in [5.74, 6) is -1.13. The number of benzene rings is 2. The molecule has 2 heterocycles. The fourth-order valence-corrected chi connectivity index (χ4v) is 6.13. The van der Waals surface area contributed by atoms with E-state index < -0.39 is 24.1 Å². The zero-order chi connectivity index (χ0) is 29.0. The first-order chi connectivity index (χ1) is 19.0. The van der Waals surface area contributed by atoms with Crippen molar-refractivity contribution in [3.63, 3.8) is 0 Å². The molecule has 0 fully saturated rings. The number of aliphatic imine (C=N–C) groups is 1. The van der Waals surface area contributed by atoms with Gasteiger partial charge in [-0.05, 0) is 37.3 Å². The van der Waals surface area contributed by atoms with Crippen LogP contribution in [0.5, 0.6) is 0 Å². The number of amides is 3. The van der Waals surface area contributed by atoms with Crippen LogP contribution in [0.4, 0.5) is 0 Å². The van der Waals surface area contributed by atoms with E-state index in [9.17, 15) is 19.5 Å². The van der Waals surface area contributed by atoms with Crippen LogP contribution in [0.25, 0.3) is 5.70 Å². The summed E-state index contributed by atoms with van der Waals surface area (Å²) >= 11 is 1.52. The Morgan fingerprint density at radius 2 is 1.73 bits per heavy atom. The van der Waals surface area contributed by atoms with Gasteiger partial charge in [-0.15, -0.1) is 11.8 Å². The minimum atomic E-state index is -0.992. The third-order valence-corrected chi connectivity index (χ3v) is 8.27. The van der Waals surface area contributed by atoms with Crippen molar-refractivity contribution in [2.75, 3.05) is 13.1 Å². The lowest BCUT2D eigenvalue weighted by molar-refractivity contribution is -0.144. The van der Waals surface area contributed by atoms with Crippen LogP contribution in [0.1, 0.15) is 45.7 Å². The molecular weight excluding hydrogens is 524 g/mol. The number of thioether (sulfide) groups is 1. The lowest BCUT2D eigenvalue weighted by Gasteiger charge is -2.40. The van der Waals surface area contributed by atoms with Crippen molar-refractivity contribution < 1.29 is 19.5 Å². The number of aliphatic hydroxyl groups excluding tert-OH is 1. The van der Waals surface area contributed by atoms with E-state index in [0.29, 0.717) is 23.7 Å². The van der Waals surface area contributed by atoms with Gasteiger partial charge >= 0.3 is 0 Å². The van der Waals surface area contributed by atoms with E-state index in [1.165, 1.54) is 28.5 Å². The molecule has 0 bridgehead atoms. The standard InChI is InChI=1S/C31H38N4O4S/c1-20(2)27-30(39)35(25(17-34(27)21(3)36)23-14-10-7-11-15-23)18-26(37)33-24(16-22-12-8-6-9-13-22)28(38)29-32-19-31(4,5)40-29/h6-15,17,20,24,27-28,38H,16,18-19H2,1-5H3,(H,33,37)/t24-,27?,28?/m0/s1. The van der Waals surface area contributed by atoms with Crippen molar-refractivity contribution in [3.8, 4) is 0 Å². The number of aliphatic hydroxyl groups is 1. The van der Waals surface area contributed by atoms with Gasteiger partial charge in [0.05, 0.1) is 23.3 Å². The highest BCUT2D eigenvalue weighted by molar-refractivity contribution is 8.15. The van der Waals surface area contributed by atoms with Crippen LogP contribution < -0.4 is 5.32 Å². The predicted octanol–water partition coefficient (Wildman–Crippen LogP) is 3.71. The lowest BCUT2D eigenvalue weighted by Crippen LogP contribution is -2.57. The molecule has 40 heavy (non-hydrogen) atoms. The molecule has 8 nitrogen and oxygen atoms in total. The second kappa shape index (κ2) is 12.4. The van der Waals surface area contributed by atoms with Gasteiger partial charge in [0.15, 0.2) is 0 Å². The summed E-state index contributed by atoms with van der Waals surface area (Å²) in [6.07, 6.45) is 1.07. The number of carbonyl (C=O) groups excluding carboxylic acids is 3. The van der Waals surface area contributed by atoms with Gasteiger partial charge < -0.3 is 15.3 Å². The van der Waals surface area contributed by atoms with Gasteiger partial charge in [-0.3, -0.25) is 24.3 Å². The van der Waals surface area contributed by atoms with Crippen LogP contribution in [-0.4, -0.2) is 73.7 Å². The van der Waals surface area contributed by atoms with Crippen LogP contribution in [0.3, 0.4) is 0 Å². The molecular formula is C31H38N4O4S. The Labute approximate surface area is 240 Å². The molecule has 0 spiro atoms. The average Bonchev–Trinajstić information content (AvgIpc) is 3.29. The predicted molar refractivity (Wildman–Crippen MR) is 159 cm³/mol. The SMILES string of the molecule is CC(=O)N1C=C(c2ccccc2)N(CC(=O)N[C@@H](Cc2ccccc2)C(O)C2=NCC(C)(C)S2)C(=O)C1C(C)C. The van der Waals surface area contributed by atoms with Gasteiger partial charge in [0.2, 0.25) is 11.8 Å². The second-order valence-electron chi connectivity index (χ2n) is 11.2. The van der Waals surface area contributed by atoms with E-state index in [0.717, 1.165) is 11.1 Å². The summed E-state index contributed by atoms with van der Waals surface area (Å²) in [5, 5.41) is 14.9. The van der Waals surface area contributed by atoms with Gasteiger partial charge in [0.1, 0.15) is 18.7 Å². The first kappa shape index (κ1) is 29.6. The zero-order valence-corrected chi connectivity index (χ0v) is 24.5. The highest BCUT2D eigenvalue weighted by atomic mass is 32.2. The van der Waals surface area contributed by atoms with Crippen molar-refractivity contribution in [1.82, 2.24) is 15.1 Å². The normalized spacial score (nSPS) is 20.2. The molecule has 2 unspecified atom stereocenters. The summed E-state index contributed by atoms with van der Waals surface area (Å²) in [4.78, 5) is 47.4. The third kappa shape index (κ3) is 6.82. The van der Waals surface area contributed by atoms with Crippen LogP contribution in [0.2, 0.25) is 0 Å². The highest BCUT2D eigenvalue weighted by Crippen LogP contribution is 2.34.